The number of hydrogen-bond donors (Lipinski definition) is 2. The van der Waals surface area contributed by atoms with Crippen molar-refractivity contribution in [1.29, 1.82) is 0 Å². The zero-order chi connectivity index (χ0) is 12.8. The van der Waals surface area contributed by atoms with Crippen molar-refractivity contribution in [2.24, 2.45) is 23.7 Å². The third-order valence-electron chi connectivity index (χ3n) is 5.10. The van der Waals surface area contributed by atoms with E-state index >= 15 is 0 Å². The molecule has 2 fully saturated rings. The molecule has 17 heavy (non-hydrogen) atoms. The lowest BCUT2D eigenvalue weighted by Gasteiger charge is -2.51. The van der Waals surface area contributed by atoms with Crippen molar-refractivity contribution >= 4 is 0 Å². The van der Waals surface area contributed by atoms with Crippen LogP contribution in [0.1, 0.15) is 46.5 Å². The Morgan fingerprint density at radius 1 is 1.35 bits per heavy atom. The van der Waals surface area contributed by atoms with Crippen LogP contribution < -0.4 is 0 Å². The molecule has 2 aliphatic rings. The lowest BCUT2D eigenvalue weighted by Crippen LogP contribution is -2.55. The van der Waals surface area contributed by atoms with E-state index in [0.717, 1.165) is 19.3 Å². The summed E-state index contributed by atoms with van der Waals surface area (Å²) in [5.41, 5.74) is 0.382. The van der Waals surface area contributed by atoms with Crippen LogP contribution in [0.4, 0.5) is 0 Å². The summed E-state index contributed by atoms with van der Waals surface area (Å²) < 4.78 is 0. The normalized spacial score (nSPS) is 47.1. The van der Waals surface area contributed by atoms with E-state index in [4.69, 9.17) is 0 Å². The molecule has 0 bridgehead atoms. The smallest absolute Gasteiger partial charge is 0.0880 e. The average Bonchev–Trinajstić information content (AvgIpc) is 2.24. The fourth-order valence-corrected chi connectivity index (χ4v) is 3.94. The molecule has 2 nitrogen and oxygen atoms in total. The van der Waals surface area contributed by atoms with E-state index in [-0.39, 0.29) is 5.92 Å². The number of allylic oxidation sites excluding steroid dienone is 1. The van der Waals surface area contributed by atoms with Crippen LogP contribution >= 0.6 is 0 Å². The van der Waals surface area contributed by atoms with Gasteiger partial charge in [-0.25, -0.2) is 0 Å². The molecule has 2 N–H and O–H groups in total. The van der Waals surface area contributed by atoms with Crippen molar-refractivity contribution in [3.63, 3.8) is 0 Å². The van der Waals surface area contributed by atoms with Crippen LogP contribution in [0.3, 0.4) is 0 Å². The standard InChI is InChI=1S/C15H26O2/c1-9(2)11-6-5-10(3)12-7-8-15(4,17)14(16)13(11)12/h9,11-14,16-17H,3,5-8H2,1-2,4H3/t11-,12-,13-,14+,15-/m0/s1. The monoisotopic (exact) mass is 238 g/mol. The Hall–Kier alpha value is -0.340. The molecular formula is C15H26O2. The molecule has 0 aromatic heterocycles. The predicted molar refractivity (Wildman–Crippen MR) is 69.5 cm³/mol. The van der Waals surface area contributed by atoms with Crippen LogP contribution in [0.5, 0.6) is 0 Å². The first-order chi connectivity index (χ1) is 7.84. The first-order valence-electron chi connectivity index (χ1n) is 6.92. The summed E-state index contributed by atoms with van der Waals surface area (Å²) in [6, 6.07) is 0. The van der Waals surface area contributed by atoms with Gasteiger partial charge in [-0.3, -0.25) is 0 Å². The summed E-state index contributed by atoms with van der Waals surface area (Å²) in [6.45, 7) is 10.4. The van der Waals surface area contributed by atoms with Gasteiger partial charge < -0.3 is 10.2 Å². The molecule has 2 saturated carbocycles. The van der Waals surface area contributed by atoms with Gasteiger partial charge in [0.1, 0.15) is 0 Å². The van der Waals surface area contributed by atoms with Gasteiger partial charge in [0.25, 0.3) is 0 Å². The van der Waals surface area contributed by atoms with Crippen LogP contribution in [0.2, 0.25) is 0 Å². The van der Waals surface area contributed by atoms with Crippen molar-refractivity contribution in [2.75, 3.05) is 0 Å². The van der Waals surface area contributed by atoms with Gasteiger partial charge in [-0.05, 0) is 56.3 Å². The van der Waals surface area contributed by atoms with E-state index in [0.29, 0.717) is 24.2 Å². The molecule has 0 radical (unpaired) electrons. The van der Waals surface area contributed by atoms with Crippen LogP contribution in [-0.2, 0) is 0 Å². The van der Waals surface area contributed by atoms with Crippen molar-refractivity contribution in [3.05, 3.63) is 12.2 Å². The van der Waals surface area contributed by atoms with E-state index in [9.17, 15) is 10.2 Å². The molecule has 0 heterocycles. The maximum Gasteiger partial charge on any atom is 0.0880 e. The van der Waals surface area contributed by atoms with Gasteiger partial charge in [-0.15, -0.1) is 0 Å². The quantitative estimate of drug-likeness (QED) is 0.690. The number of aliphatic hydroxyl groups is 2. The second-order valence-corrected chi connectivity index (χ2v) is 6.63. The van der Waals surface area contributed by atoms with Gasteiger partial charge in [-0.1, -0.05) is 26.0 Å². The zero-order valence-corrected chi connectivity index (χ0v) is 11.3. The average molecular weight is 238 g/mol. The Morgan fingerprint density at radius 3 is 2.59 bits per heavy atom. The van der Waals surface area contributed by atoms with Gasteiger partial charge in [0, 0.05) is 0 Å². The minimum Gasteiger partial charge on any atom is -0.390 e. The van der Waals surface area contributed by atoms with Crippen LogP contribution in [0.25, 0.3) is 0 Å². The van der Waals surface area contributed by atoms with E-state index in [2.05, 4.69) is 20.4 Å². The van der Waals surface area contributed by atoms with Gasteiger partial charge in [0.2, 0.25) is 0 Å². The molecule has 5 atom stereocenters. The highest BCUT2D eigenvalue weighted by Gasteiger charge is 2.50. The summed E-state index contributed by atoms with van der Waals surface area (Å²) in [5, 5.41) is 20.8. The molecule has 0 amide bonds. The molecule has 98 valence electrons. The fourth-order valence-electron chi connectivity index (χ4n) is 3.94. The highest BCUT2D eigenvalue weighted by atomic mass is 16.3. The summed E-state index contributed by atoms with van der Waals surface area (Å²) in [6.07, 6.45) is 3.30. The third kappa shape index (κ3) is 2.17. The highest BCUT2D eigenvalue weighted by molar-refractivity contribution is 5.14. The lowest BCUT2D eigenvalue weighted by atomic mass is 9.57. The third-order valence-corrected chi connectivity index (χ3v) is 5.10. The molecule has 0 aromatic carbocycles. The van der Waals surface area contributed by atoms with Crippen molar-refractivity contribution in [2.45, 2.75) is 58.2 Å². The van der Waals surface area contributed by atoms with Crippen molar-refractivity contribution in [3.8, 4) is 0 Å². The second-order valence-electron chi connectivity index (χ2n) is 6.63. The number of aliphatic hydroxyl groups excluding tert-OH is 1. The van der Waals surface area contributed by atoms with Crippen molar-refractivity contribution < 1.29 is 10.2 Å². The molecule has 0 aromatic rings. The van der Waals surface area contributed by atoms with Crippen LogP contribution in [0.15, 0.2) is 12.2 Å². The summed E-state index contributed by atoms with van der Waals surface area (Å²) in [5.74, 6) is 1.72. The molecule has 0 saturated heterocycles. The minimum atomic E-state index is -0.911. The number of rotatable bonds is 1. The number of fused-ring (bicyclic) bond motifs is 1. The van der Waals surface area contributed by atoms with E-state index in [1.165, 1.54) is 5.57 Å². The molecule has 2 rings (SSSR count). The van der Waals surface area contributed by atoms with Crippen molar-refractivity contribution in [1.82, 2.24) is 0 Å². The fraction of sp³-hybridized carbons (Fsp3) is 0.867. The summed E-state index contributed by atoms with van der Waals surface area (Å²) in [4.78, 5) is 0. The first-order valence-corrected chi connectivity index (χ1v) is 6.92. The van der Waals surface area contributed by atoms with E-state index in [1.807, 2.05) is 0 Å². The molecular weight excluding hydrogens is 212 g/mol. The Morgan fingerprint density at radius 2 is 2.00 bits per heavy atom. The van der Waals surface area contributed by atoms with Gasteiger partial charge >= 0.3 is 0 Å². The summed E-state index contributed by atoms with van der Waals surface area (Å²) in [7, 11) is 0. The topological polar surface area (TPSA) is 40.5 Å². The van der Waals surface area contributed by atoms with Gasteiger partial charge in [-0.2, -0.15) is 0 Å². The minimum absolute atomic E-state index is 0.208. The van der Waals surface area contributed by atoms with Crippen LogP contribution in [-0.4, -0.2) is 21.9 Å². The first kappa shape index (κ1) is 13.1. The lowest BCUT2D eigenvalue weighted by molar-refractivity contribution is -0.149. The van der Waals surface area contributed by atoms with E-state index in [1.54, 1.807) is 6.92 Å². The second kappa shape index (κ2) is 4.40. The Labute approximate surface area is 105 Å². The maximum absolute atomic E-state index is 10.5. The maximum atomic E-state index is 10.5. The molecule has 0 spiro atoms. The van der Waals surface area contributed by atoms with Crippen LogP contribution in [0, 0.1) is 23.7 Å². The molecule has 0 aliphatic heterocycles. The Bertz CT molecular complexity index is 304. The molecule has 0 unspecified atom stereocenters. The SMILES string of the molecule is C=C1CC[C@@H](C(C)C)[C@@H]2[C@@H](O)[C@@](C)(O)CC[C@@H]12. The molecule has 2 aliphatic carbocycles. The van der Waals surface area contributed by atoms with Gasteiger partial charge in [0.05, 0.1) is 11.7 Å². The Kier molecular flexibility index (Phi) is 3.39. The summed E-state index contributed by atoms with van der Waals surface area (Å²) >= 11 is 0. The molecule has 2 heteroatoms. The predicted octanol–water partition coefficient (Wildman–Crippen LogP) is 2.75. The zero-order valence-electron chi connectivity index (χ0n) is 11.3. The largest absolute Gasteiger partial charge is 0.390 e. The highest BCUT2D eigenvalue weighted by Crippen LogP contribution is 2.50. The van der Waals surface area contributed by atoms with Gasteiger partial charge in [0.15, 0.2) is 0 Å². The Balaban J connectivity index is 2.28. The number of hydrogen-bond acceptors (Lipinski definition) is 2. The van der Waals surface area contributed by atoms with E-state index < -0.39 is 11.7 Å².